The van der Waals surface area contributed by atoms with Gasteiger partial charge in [0.1, 0.15) is 11.9 Å². The Balaban J connectivity index is 1.59. The Bertz CT molecular complexity index is 548. The summed E-state index contributed by atoms with van der Waals surface area (Å²) < 4.78 is 6.01. The minimum atomic E-state index is 0.304. The Kier molecular flexibility index (Phi) is 3.77. The molecule has 1 aliphatic rings. The molecular weight excluding hydrogens is 248 g/mol. The fourth-order valence-corrected chi connectivity index (χ4v) is 2.68. The van der Waals surface area contributed by atoms with Crippen LogP contribution in [0.15, 0.2) is 54.6 Å². The summed E-state index contributed by atoms with van der Waals surface area (Å²) in [5.74, 6) is 0.963. The predicted octanol–water partition coefficient (Wildman–Crippen LogP) is 3.32. The average molecular weight is 268 g/mol. The summed E-state index contributed by atoms with van der Waals surface area (Å²) in [6.45, 7) is 1.98. The maximum atomic E-state index is 6.04. The van der Waals surface area contributed by atoms with Gasteiger partial charge in [0.25, 0.3) is 0 Å². The van der Waals surface area contributed by atoms with Crippen LogP contribution in [-0.4, -0.2) is 19.2 Å². The number of hydrogen-bond donors (Lipinski definition) is 1. The van der Waals surface area contributed by atoms with Gasteiger partial charge >= 0.3 is 0 Å². The van der Waals surface area contributed by atoms with Crippen molar-refractivity contribution in [3.05, 3.63) is 54.6 Å². The SMILES string of the molecule is Nc1ccccc1N1CCC(Oc2ccccc2)CC1. The summed E-state index contributed by atoms with van der Waals surface area (Å²) in [7, 11) is 0. The molecule has 3 heteroatoms. The van der Waals surface area contributed by atoms with Crippen molar-refractivity contribution in [2.45, 2.75) is 18.9 Å². The Morgan fingerprint density at radius 1 is 0.900 bits per heavy atom. The maximum absolute atomic E-state index is 6.04. The molecule has 2 aromatic rings. The smallest absolute Gasteiger partial charge is 0.119 e. The third-order valence-electron chi connectivity index (χ3n) is 3.77. The molecule has 3 nitrogen and oxygen atoms in total. The van der Waals surface area contributed by atoms with Crippen LogP contribution >= 0.6 is 0 Å². The van der Waals surface area contributed by atoms with Gasteiger partial charge in [0.05, 0.1) is 11.4 Å². The highest BCUT2D eigenvalue weighted by atomic mass is 16.5. The number of piperidine rings is 1. The van der Waals surface area contributed by atoms with E-state index in [1.165, 1.54) is 0 Å². The summed E-state index contributed by atoms with van der Waals surface area (Å²) >= 11 is 0. The minimum Gasteiger partial charge on any atom is -0.490 e. The van der Waals surface area contributed by atoms with Gasteiger partial charge in [-0.05, 0) is 24.3 Å². The van der Waals surface area contributed by atoms with E-state index in [0.717, 1.165) is 43.1 Å². The Hall–Kier alpha value is -2.16. The normalized spacial score (nSPS) is 16.1. The monoisotopic (exact) mass is 268 g/mol. The van der Waals surface area contributed by atoms with Crippen molar-refractivity contribution in [1.82, 2.24) is 0 Å². The van der Waals surface area contributed by atoms with Crippen LogP contribution in [0.1, 0.15) is 12.8 Å². The second-order valence-corrected chi connectivity index (χ2v) is 5.18. The van der Waals surface area contributed by atoms with Gasteiger partial charge in [-0.25, -0.2) is 0 Å². The van der Waals surface area contributed by atoms with Crippen molar-refractivity contribution in [1.29, 1.82) is 0 Å². The van der Waals surface area contributed by atoms with Crippen LogP contribution in [0.3, 0.4) is 0 Å². The summed E-state index contributed by atoms with van der Waals surface area (Å²) in [5, 5.41) is 0. The molecule has 0 amide bonds. The Labute approximate surface area is 120 Å². The van der Waals surface area contributed by atoms with Crippen molar-refractivity contribution in [2.24, 2.45) is 0 Å². The number of anilines is 2. The fourth-order valence-electron chi connectivity index (χ4n) is 2.68. The molecule has 0 saturated carbocycles. The van der Waals surface area contributed by atoms with E-state index in [9.17, 15) is 0 Å². The van der Waals surface area contributed by atoms with Crippen molar-refractivity contribution >= 4 is 11.4 Å². The molecule has 0 spiro atoms. The lowest BCUT2D eigenvalue weighted by molar-refractivity contribution is 0.171. The molecule has 3 rings (SSSR count). The maximum Gasteiger partial charge on any atom is 0.119 e. The molecule has 0 unspecified atom stereocenters. The van der Waals surface area contributed by atoms with Crippen LogP contribution < -0.4 is 15.4 Å². The standard InChI is InChI=1S/C17H20N2O/c18-16-8-4-5-9-17(16)19-12-10-15(11-13-19)20-14-6-2-1-3-7-14/h1-9,15H,10-13,18H2. The van der Waals surface area contributed by atoms with Crippen molar-refractivity contribution in [3.8, 4) is 5.75 Å². The summed E-state index contributed by atoms with van der Waals surface area (Å²) in [6.07, 6.45) is 2.37. The average Bonchev–Trinajstić information content (AvgIpc) is 2.50. The Morgan fingerprint density at radius 3 is 2.25 bits per heavy atom. The van der Waals surface area contributed by atoms with E-state index < -0.39 is 0 Å². The summed E-state index contributed by atoms with van der Waals surface area (Å²) in [4.78, 5) is 2.35. The lowest BCUT2D eigenvalue weighted by atomic mass is 10.1. The molecule has 0 radical (unpaired) electrons. The van der Waals surface area contributed by atoms with Crippen molar-refractivity contribution in [3.63, 3.8) is 0 Å². The molecule has 0 aromatic heterocycles. The summed E-state index contributed by atoms with van der Waals surface area (Å²) in [5.41, 5.74) is 8.04. The minimum absolute atomic E-state index is 0.304. The molecule has 1 fully saturated rings. The zero-order valence-corrected chi connectivity index (χ0v) is 11.5. The second-order valence-electron chi connectivity index (χ2n) is 5.18. The number of nitrogens with two attached hydrogens (primary N) is 1. The second kappa shape index (κ2) is 5.87. The number of benzene rings is 2. The number of nitrogens with zero attached hydrogens (tertiary/aromatic N) is 1. The van der Waals surface area contributed by atoms with Gasteiger partial charge in [-0.2, -0.15) is 0 Å². The first-order chi connectivity index (χ1) is 9.83. The van der Waals surface area contributed by atoms with Crippen molar-refractivity contribution in [2.75, 3.05) is 23.7 Å². The van der Waals surface area contributed by atoms with Crippen LogP contribution in [0.4, 0.5) is 11.4 Å². The molecule has 0 aliphatic carbocycles. The van der Waals surface area contributed by atoms with E-state index in [-0.39, 0.29) is 0 Å². The lowest BCUT2D eigenvalue weighted by Gasteiger charge is -2.34. The first-order valence-electron chi connectivity index (χ1n) is 7.14. The third-order valence-corrected chi connectivity index (χ3v) is 3.77. The van der Waals surface area contributed by atoms with E-state index in [0.29, 0.717) is 6.10 Å². The highest BCUT2D eigenvalue weighted by Crippen LogP contribution is 2.27. The molecule has 0 bridgehead atoms. The molecule has 1 heterocycles. The number of para-hydroxylation sites is 3. The molecule has 20 heavy (non-hydrogen) atoms. The molecule has 1 saturated heterocycles. The van der Waals surface area contributed by atoms with Gasteiger partial charge in [-0.15, -0.1) is 0 Å². The highest BCUT2D eigenvalue weighted by Gasteiger charge is 2.21. The number of rotatable bonds is 3. The number of ether oxygens (including phenoxy) is 1. The van der Waals surface area contributed by atoms with Gasteiger partial charge in [-0.1, -0.05) is 30.3 Å². The molecule has 0 atom stereocenters. The quantitative estimate of drug-likeness (QED) is 0.868. The van der Waals surface area contributed by atoms with Crippen molar-refractivity contribution < 1.29 is 4.74 Å². The number of nitrogen functional groups attached to an aromatic ring is 1. The Morgan fingerprint density at radius 2 is 1.55 bits per heavy atom. The van der Waals surface area contributed by atoms with Crippen LogP contribution in [0, 0.1) is 0 Å². The first-order valence-corrected chi connectivity index (χ1v) is 7.14. The van der Waals surface area contributed by atoms with Crippen LogP contribution in [-0.2, 0) is 0 Å². The third kappa shape index (κ3) is 2.87. The molecular formula is C17H20N2O. The van der Waals surface area contributed by atoms with Gasteiger partial charge < -0.3 is 15.4 Å². The predicted molar refractivity (Wildman–Crippen MR) is 83.2 cm³/mol. The van der Waals surface area contributed by atoms with Crippen LogP contribution in [0.5, 0.6) is 5.75 Å². The zero-order valence-electron chi connectivity index (χ0n) is 11.5. The van der Waals surface area contributed by atoms with E-state index >= 15 is 0 Å². The number of hydrogen-bond acceptors (Lipinski definition) is 3. The first kappa shape index (κ1) is 12.9. The van der Waals surface area contributed by atoms with Gasteiger partial charge in [0, 0.05) is 25.9 Å². The molecule has 1 aliphatic heterocycles. The lowest BCUT2D eigenvalue weighted by Crippen LogP contribution is -2.38. The van der Waals surface area contributed by atoms with E-state index in [1.54, 1.807) is 0 Å². The molecule has 2 aromatic carbocycles. The fraction of sp³-hybridized carbons (Fsp3) is 0.294. The van der Waals surface area contributed by atoms with Gasteiger partial charge in [0.2, 0.25) is 0 Å². The van der Waals surface area contributed by atoms with Gasteiger partial charge in [-0.3, -0.25) is 0 Å². The molecule has 104 valence electrons. The van der Waals surface area contributed by atoms with Crippen LogP contribution in [0.25, 0.3) is 0 Å². The summed E-state index contributed by atoms with van der Waals surface area (Å²) in [6, 6.07) is 18.1. The van der Waals surface area contributed by atoms with E-state index in [4.69, 9.17) is 10.5 Å². The largest absolute Gasteiger partial charge is 0.490 e. The van der Waals surface area contributed by atoms with Crippen LogP contribution in [0.2, 0.25) is 0 Å². The van der Waals surface area contributed by atoms with E-state index in [1.807, 2.05) is 48.5 Å². The topological polar surface area (TPSA) is 38.5 Å². The highest BCUT2D eigenvalue weighted by molar-refractivity contribution is 5.67. The van der Waals surface area contributed by atoms with E-state index in [2.05, 4.69) is 11.0 Å². The zero-order chi connectivity index (χ0) is 13.8. The molecule has 2 N–H and O–H groups in total. The van der Waals surface area contributed by atoms with Gasteiger partial charge in [0.15, 0.2) is 0 Å².